The van der Waals surface area contributed by atoms with Gasteiger partial charge in [-0.25, -0.2) is 4.79 Å². The molecule has 1 aliphatic heterocycles. The standard InChI is InChI=1S/C17H19N3O3/c1-10-8-9-20(3)16(21)14(10)18-17(22)19-15-11(2)23-13-7-5-4-6-12(13)15/h4-9,11,15H,1-3H3,(H2,18,19,22)/t11-,15-/m1/s1. The van der Waals surface area contributed by atoms with Crippen LogP contribution in [-0.4, -0.2) is 16.7 Å². The number of fused-ring (bicyclic) bond motifs is 1. The molecular weight excluding hydrogens is 294 g/mol. The topological polar surface area (TPSA) is 72.4 Å². The van der Waals surface area contributed by atoms with Crippen molar-refractivity contribution < 1.29 is 9.53 Å². The van der Waals surface area contributed by atoms with E-state index in [1.54, 1.807) is 26.2 Å². The largest absolute Gasteiger partial charge is 0.488 e. The molecule has 1 aromatic carbocycles. The zero-order valence-corrected chi connectivity index (χ0v) is 13.3. The van der Waals surface area contributed by atoms with Crippen LogP contribution < -0.4 is 20.9 Å². The molecule has 0 aliphatic carbocycles. The molecule has 0 spiro atoms. The summed E-state index contributed by atoms with van der Waals surface area (Å²) >= 11 is 0. The molecule has 2 heterocycles. The van der Waals surface area contributed by atoms with Gasteiger partial charge in [-0.3, -0.25) is 4.79 Å². The number of ether oxygens (including phenoxy) is 1. The van der Waals surface area contributed by atoms with Crippen molar-refractivity contribution in [1.82, 2.24) is 9.88 Å². The third-order valence-electron chi connectivity index (χ3n) is 4.04. The van der Waals surface area contributed by atoms with Crippen LogP contribution in [0.3, 0.4) is 0 Å². The van der Waals surface area contributed by atoms with Crippen molar-refractivity contribution >= 4 is 11.7 Å². The lowest BCUT2D eigenvalue weighted by atomic mass is 10.1. The highest BCUT2D eigenvalue weighted by Gasteiger charge is 2.32. The van der Waals surface area contributed by atoms with Gasteiger partial charge in [-0.1, -0.05) is 18.2 Å². The van der Waals surface area contributed by atoms with Gasteiger partial charge in [0.2, 0.25) is 0 Å². The quantitative estimate of drug-likeness (QED) is 0.894. The predicted octanol–water partition coefficient (Wildman–Crippen LogP) is 2.34. The van der Waals surface area contributed by atoms with Gasteiger partial charge in [-0.05, 0) is 31.5 Å². The molecule has 2 amide bonds. The van der Waals surface area contributed by atoms with E-state index in [2.05, 4.69) is 10.6 Å². The Hall–Kier alpha value is -2.76. The van der Waals surface area contributed by atoms with E-state index in [-0.39, 0.29) is 23.4 Å². The Labute approximate surface area is 134 Å². The number of carbonyl (C=O) groups is 1. The van der Waals surface area contributed by atoms with Gasteiger partial charge >= 0.3 is 6.03 Å². The molecule has 23 heavy (non-hydrogen) atoms. The second-order valence-electron chi connectivity index (χ2n) is 5.73. The molecule has 0 radical (unpaired) electrons. The van der Waals surface area contributed by atoms with Crippen molar-refractivity contribution in [3.63, 3.8) is 0 Å². The molecule has 6 nitrogen and oxygen atoms in total. The number of hydrogen-bond acceptors (Lipinski definition) is 3. The van der Waals surface area contributed by atoms with Crippen LogP contribution >= 0.6 is 0 Å². The number of nitrogens with zero attached hydrogens (tertiary/aromatic N) is 1. The van der Waals surface area contributed by atoms with E-state index in [0.717, 1.165) is 16.9 Å². The molecule has 120 valence electrons. The molecule has 1 aromatic heterocycles. The van der Waals surface area contributed by atoms with E-state index in [0.29, 0.717) is 0 Å². The van der Waals surface area contributed by atoms with Crippen LogP contribution in [-0.2, 0) is 7.05 Å². The van der Waals surface area contributed by atoms with Crippen LogP contribution in [0.5, 0.6) is 5.75 Å². The number of urea groups is 1. The highest BCUT2D eigenvalue weighted by atomic mass is 16.5. The van der Waals surface area contributed by atoms with E-state index in [1.807, 2.05) is 31.2 Å². The molecule has 0 saturated heterocycles. The van der Waals surface area contributed by atoms with Gasteiger partial charge in [-0.2, -0.15) is 0 Å². The van der Waals surface area contributed by atoms with E-state index in [1.165, 1.54) is 4.57 Å². The first-order chi connectivity index (χ1) is 11.0. The molecule has 0 fully saturated rings. The minimum absolute atomic E-state index is 0.169. The highest BCUT2D eigenvalue weighted by molar-refractivity contribution is 5.90. The van der Waals surface area contributed by atoms with Crippen molar-refractivity contribution in [2.75, 3.05) is 5.32 Å². The lowest BCUT2D eigenvalue weighted by Crippen LogP contribution is -2.38. The summed E-state index contributed by atoms with van der Waals surface area (Å²) in [6, 6.07) is 8.72. The first kappa shape index (κ1) is 15.1. The number of anilines is 1. The summed E-state index contributed by atoms with van der Waals surface area (Å²) in [4.78, 5) is 24.4. The Morgan fingerprint density at radius 3 is 2.78 bits per heavy atom. The van der Waals surface area contributed by atoms with Gasteiger partial charge in [0.15, 0.2) is 0 Å². The van der Waals surface area contributed by atoms with Gasteiger partial charge in [-0.15, -0.1) is 0 Å². The maximum absolute atomic E-state index is 12.3. The van der Waals surface area contributed by atoms with Crippen molar-refractivity contribution in [1.29, 1.82) is 0 Å². The van der Waals surface area contributed by atoms with E-state index >= 15 is 0 Å². The van der Waals surface area contributed by atoms with Gasteiger partial charge in [0.25, 0.3) is 5.56 Å². The van der Waals surface area contributed by atoms with Crippen molar-refractivity contribution in [3.8, 4) is 5.75 Å². The molecule has 6 heteroatoms. The Morgan fingerprint density at radius 1 is 1.26 bits per heavy atom. The molecule has 2 aromatic rings. The van der Waals surface area contributed by atoms with Gasteiger partial charge < -0.3 is 19.9 Å². The maximum Gasteiger partial charge on any atom is 0.320 e. The minimum atomic E-state index is -0.423. The molecule has 0 unspecified atom stereocenters. The Kier molecular flexibility index (Phi) is 3.82. The van der Waals surface area contributed by atoms with Crippen LogP contribution in [0.4, 0.5) is 10.5 Å². The minimum Gasteiger partial charge on any atom is -0.488 e. The van der Waals surface area contributed by atoms with Crippen LogP contribution in [0.2, 0.25) is 0 Å². The van der Waals surface area contributed by atoms with Crippen molar-refractivity contribution in [2.24, 2.45) is 7.05 Å². The zero-order chi connectivity index (χ0) is 16.6. The fraction of sp³-hybridized carbons (Fsp3) is 0.294. The molecule has 3 rings (SSSR count). The summed E-state index contributed by atoms with van der Waals surface area (Å²) in [6.07, 6.45) is 1.50. The van der Waals surface area contributed by atoms with Crippen LogP contribution in [0, 0.1) is 6.92 Å². The molecule has 2 N–H and O–H groups in total. The number of para-hydroxylation sites is 1. The monoisotopic (exact) mass is 313 g/mol. The second kappa shape index (κ2) is 5.79. The average molecular weight is 313 g/mol. The molecule has 0 bridgehead atoms. The summed E-state index contributed by atoms with van der Waals surface area (Å²) in [5.74, 6) is 0.775. The molecule has 2 atom stereocenters. The number of aryl methyl sites for hydroxylation is 2. The molecular formula is C17H19N3O3. The van der Waals surface area contributed by atoms with Crippen molar-refractivity contribution in [3.05, 3.63) is 58.0 Å². The number of pyridine rings is 1. The second-order valence-corrected chi connectivity index (χ2v) is 5.73. The summed E-state index contributed by atoms with van der Waals surface area (Å²) in [7, 11) is 1.65. The van der Waals surface area contributed by atoms with Crippen LogP contribution in [0.1, 0.15) is 24.1 Å². The number of hydrogen-bond donors (Lipinski definition) is 2. The first-order valence-electron chi connectivity index (χ1n) is 7.46. The summed E-state index contributed by atoms with van der Waals surface area (Å²) in [5, 5.41) is 5.54. The lowest BCUT2D eigenvalue weighted by molar-refractivity contribution is 0.204. The summed E-state index contributed by atoms with van der Waals surface area (Å²) in [6.45, 7) is 3.69. The number of benzene rings is 1. The average Bonchev–Trinajstić information content (AvgIpc) is 2.84. The van der Waals surface area contributed by atoms with Gasteiger partial charge in [0.1, 0.15) is 17.5 Å². The van der Waals surface area contributed by atoms with E-state index < -0.39 is 6.03 Å². The fourth-order valence-electron chi connectivity index (χ4n) is 2.72. The predicted molar refractivity (Wildman–Crippen MR) is 87.8 cm³/mol. The van der Waals surface area contributed by atoms with Gasteiger partial charge in [0.05, 0.1) is 6.04 Å². The fourth-order valence-corrected chi connectivity index (χ4v) is 2.72. The first-order valence-corrected chi connectivity index (χ1v) is 7.46. The summed E-state index contributed by atoms with van der Waals surface area (Å²) < 4.78 is 7.16. The molecule has 1 aliphatic rings. The van der Waals surface area contributed by atoms with E-state index in [9.17, 15) is 9.59 Å². The Balaban J connectivity index is 1.79. The Morgan fingerprint density at radius 2 is 2.00 bits per heavy atom. The van der Waals surface area contributed by atoms with E-state index in [4.69, 9.17) is 4.74 Å². The number of nitrogens with one attached hydrogen (secondary N) is 2. The zero-order valence-electron chi connectivity index (χ0n) is 13.3. The number of carbonyl (C=O) groups excluding carboxylic acids is 1. The highest BCUT2D eigenvalue weighted by Crippen LogP contribution is 2.36. The van der Waals surface area contributed by atoms with Crippen LogP contribution in [0.15, 0.2) is 41.3 Å². The smallest absolute Gasteiger partial charge is 0.320 e. The number of rotatable bonds is 2. The number of amides is 2. The summed E-state index contributed by atoms with van der Waals surface area (Å²) in [5.41, 5.74) is 1.70. The number of aromatic nitrogens is 1. The van der Waals surface area contributed by atoms with Crippen LogP contribution in [0.25, 0.3) is 0 Å². The Bertz CT molecular complexity index is 813. The third kappa shape index (κ3) is 2.79. The SMILES string of the molecule is Cc1ccn(C)c(=O)c1NC(=O)N[C@H]1c2ccccc2O[C@@H]1C. The van der Waals surface area contributed by atoms with Gasteiger partial charge in [0, 0.05) is 18.8 Å². The maximum atomic E-state index is 12.3. The molecule has 0 saturated carbocycles. The third-order valence-corrected chi connectivity index (χ3v) is 4.04. The normalized spacial score (nSPS) is 18.9. The lowest BCUT2D eigenvalue weighted by Gasteiger charge is -2.18. The van der Waals surface area contributed by atoms with Crippen molar-refractivity contribution in [2.45, 2.75) is 26.0 Å².